The number of hydrogen-bond donors (Lipinski definition) is 0. The predicted octanol–water partition coefficient (Wildman–Crippen LogP) is 2.72. The van der Waals surface area contributed by atoms with Gasteiger partial charge in [0.15, 0.2) is 0 Å². The van der Waals surface area contributed by atoms with Crippen molar-refractivity contribution in [3.05, 3.63) is 29.8 Å². The van der Waals surface area contributed by atoms with Crippen LogP contribution in [-0.2, 0) is 0 Å². The highest BCUT2D eigenvalue weighted by Gasteiger charge is 2.40. The zero-order valence-corrected chi connectivity index (χ0v) is 11.2. The zero-order valence-electron chi connectivity index (χ0n) is 11.2. The molecule has 0 N–H and O–H groups in total. The average molecular weight is 255 g/mol. The molecule has 4 rings (SSSR count). The third-order valence-electron chi connectivity index (χ3n) is 4.40. The fourth-order valence-electron chi connectivity index (χ4n) is 3.51. The van der Waals surface area contributed by atoms with E-state index in [0.29, 0.717) is 18.0 Å². The van der Waals surface area contributed by atoms with E-state index in [2.05, 4.69) is 47.3 Å². The van der Waals surface area contributed by atoms with Crippen molar-refractivity contribution in [2.75, 3.05) is 6.54 Å². The predicted molar refractivity (Wildman–Crippen MR) is 73.5 cm³/mol. The highest BCUT2D eigenvalue weighted by molar-refractivity contribution is 5.82. The van der Waals surface area contributed by atoms with E-state index in [0.717, 1.165) is 11.0 Å². The number of aromatic nitrogens is 2. The van der Waals surface area contributed by atoms with Crippen LogP contribution in [0, 0.1) is 5.92 Å². The lowest BCUT2D eigenvalue weighted by atomic mass is 9.99. The van der Waals surface area contributed by atoms with Crippen LogP contribution >= 0.6 is 0 Å². The molecule has 2 aliphatic rings. The minimum Gasteiger partial charge on any atom is -0.293 e. The van der Waals surface area contributed by atoms with Crippen LogP contribution in [0.15, 0.2) is 28.9 Å². The Kier molecular flexibility index (Phi) is 2.30. The maximum absolute atomic E-state index is 4.77. The molecule has 1 aliphatic heterocycles. The summed E-state index contributed by atoms with van der Waals surface area (Å²) in [4.78, 5) is 2.60. The molecule has 98 valence electrons. The topological polar surface area (TPSA) is 42.2 Å². The van der Waals surface area contributed by atoms with Crippen LogP contribution in [-0.4, -0.2) is 33.8 Å². The smallest absolute Gasteiger partial charge is 0.135 e. The summed E-state index contributed by atoms with van der Waals surface area (Å²) in [5.74, 6) is 0.716. The number of rotatable bonds is 2. The van der Waals surface area contributed by atoms with Gasteiger partial charge in [0.25, 0.3) is 0 Å². The summed E-state index contributed by atoms with van der Waals surface area (Å²) in [5.41, 5.74) is 4.39. The van der Waals surface area contributed by atoms with Crippen LogP contribution in [0.25, 0.3) is 16.6 Å². The van der Waals surface area contributed by atoms with Crippen LogP contribution in [0.5, 0.6) is 0 Å². The van der Waals surface area contributed by atoms with Gasteiger partial charge in [-0.25, -0.2) is 4.63 Å². The van der Waals surface area contributed by atoms with Gasteiger partial charge >= 0.3 is 0 Å². The van der Waals surface area contributed by atoms with Gasteiger partial charge in [0.1, 0.15) is 11.0 Å². The van der Waals surface area contributed by atoms with Crippen LogP contribution in [0.3, 0.4) is 0 Å². The van der Waals surface area contributed by atoms with E-state index in [1.54, 1.807) is 0 Å². The molecule has 2 bridgehead atoms. The molecule has 0 spiro atoms. The molecular formula is C15H17N3O. The molecule has 0 radical (unpaired) electrons. The van der Waals surface area contributed by atoms with Crippen molar-refractivity contribution in [3.63, 3.8) is 0 Å². The van der Waals surface area contributed by atoms with Crippen molar-refractivity contribution < 1.29 is 4.63 Å². The Balaban J connectivity index is 1.74. The summed E-state index contributed by atoms with van der Waals surface area (Å²) < 4.78 is 4.77. The largest absolute Gasteiger partial charge is 0.293 e. The van der Waals surface area contributed by atoms with Crippen LogP contribution in [0.4, 0.5) is 0 Å². The second kappa shape index (κ2) is 3.90. The molecule has 1 fully saturated rings. The lowest BCUT2D eigenvalue weighted by molar-refractivity contribution is 0.231. The van der Waals surface area contributed by atoms with Crippen molar-refractivity contribution in [2.45, 2.75) is 32.4 Å². The molecular weight excluding hydrogens is 238 g/mol. The number of fused-ring (bicyclic) bond motifs is 3. The normalized spacial score (nSPS) is 26.6. The van der Waals surface area contributed by atoms with Gasteiger partial charge in [-0.15, -0.1) is 0 Å². The minimum absolute atomic E-state index is 0.572. The highest BCUT2D eigenvalue weighted by Crippen LogP contribution is 2.42. The number of hydrogen-bond acceptors (Lipinski definition) is 4. The van der Waals surface area contributed by atoms with E-state index in [1.807, 2.05) is 6.07 Å². The molecule has 2 aromatic rings. The Labute approximate surface area is 112 Å². The second-order valence-corrected chi connectivity index (χ2v) is 5.89. The van der Waals surface area contributed by atoms with E-state index in [4.69, 9.17) is 4.63 Å². The van der Waals surface area contributed by atoms with Gasteiger partial charge in [-0.1, -0.05) is 12.1 Å². The third-order valence-corrected chi connectivity index (χ3v) is 4.40. The Morgan fingerprint density at radius 3 is 2.89 bits per heavy atom. The van der Waals surface area contributed by atoms with Gasteiger partial charge < -0.3 is 0 Å². The molecule has 1 aliphatic carbocycles. The van der Waals surface area contributed by atoms with E-state index in [-0.39, 0.29) is 0 Å². The SMILES string of the molecule is CC(C)N1CC2C=C(c3ccc4nonc4c3)C1C2. The van der Waals surface area contributed by atoms with E-state index < -0.39 is 0 Å². The molecule has 1 saturated heterocycles. The molecule has 0 amide bonds. The van der Waals surface area contributed by atoms with Crippen molar-refractivity contribution >= 4 is 16.6 Å². The average Bonchev–Trinajstić information content (AvgIpc) is 3.11. The maximum atomic E-state index is 4.77. The quantitative estimate of drug-likeness (QED) is 0.827. The zero-order chi connectivity index (χ0) is 13.0. The molecule has 1 aromatic carbocycles. The van der Waals surface area contributed by atoms with Crippen molar-refractivity contribution in [2.24, 2.45) is 5.92 Å². The van der Waals surface area contributed by atoms with Gasteiger partial charge in [0.05, 0.1) is 0 Å². The standard InChI is InChI=1S/C15H17N3O/c1-9(2)18-8-10-5-12(15(18)6-10)11-3-4-13-14(7-11)17-19-16-13/h3-5,7,9-10,15H,6,8H2,1-2H3. The lowest BCUT2D eigenvalue weighted by Gasteiger charge is -2.31. The van der Waals surface area contributed by atoms with Crippen LogP contribution in [0.1, 0.15) is 25.8 Å². The van der Waals surface area contributed by atoms with Crippen LogP contribution < -0.4 is 0 Å². The summed E-state index contributed by atoms with van der Waals surface area (Å²) in [6.07, 6.45) is 3.71. The number of nitrogens with zero attached hydrogens (tertiary/aromatic N) is 3. The first kappa shape index (κ1) is 11.2. The monoisotopic (exact) mass is 255 g/mol. The second-order valence-electron chi connectivity index (χ2n) is 5.89. The molecule has 4 heteroatoms. The van der Waals surface area contributed by atoms with Gasteiger partial charge in [0.2, 0.25) is 0 Å². The first-order valence-electron chi connectivity index (χ1n) is 6.92. The van der Waals surface area contributed by atoms with E-state index in [1.165, 1.54) is 24.1 Å². The van der Waals surface area contributed by atoms with Gasteiger partial charge in [0, 0.05) is 18.6 Å². The number of benzene rings is 1. The molecule has 4 nitrogen and oxygen atoms in total. The Morgan fingerprint density at radius 2 is 2.11 bits per heavy atom. The fraction of sp³-hybridized carbons (Fsp3) is 0.467. The van der Waals surface area contributed by atoms with Gasteiger partial charge in [-0.05, 0) is 59.8 Å². The summed E-state index contributed by atoms with van der Waals surface area (Å²) in [6.45, 7) is 5.77. The summed E-state index contributed by atoms with van der Waals surface area (Å²) in [6, 6.07) is 7.40. The van der Waals surface area contributed by atoms with Crippen molar-refractivity contribution in [1.29, 1.82) is 0 Å². The Bertz CT molecular complexity index is 658. The Morgan fingerprint density at radius 1 is 1.26 bits per heavy atom. The lowest BCUT2D eigenvalue weighted by Crippen LogP contribution is -2.37. The first-order valence-corrected chi connectivity index (χ1v) is 6.92. The molecule has 0 saturated carbocycles. The first-order chi connectivity index (χ1) is 9.22. The maximum Gasteiger partial charge on any atom is 0.135 e. The van der Waals surface area contributed by atoms with E-state index >= 15 is 0 Å². The molecule has 2 atom stereocenters. The molecule has 2 heterocycles. The molecule has 2 unspecified atom stereocenters. The molecule has 19 heavy (non-hydrogen) atoms. The fourth-order valence-corrected chi connectivity index (χ4v) is 3.51. The highest BCUT2D eigenvalue weighted by atomic mass is 16.6. The summed E-state index contributed by atoms with van der Waals surface area (Å²) in [7, 11) is 0. The summed E-state index contributed by atoms with van der Waals surface area (Å²) >= 11 is 0. The van der Waals surface area contributed by atoms with E-state index in [9.17, 15) is 0 Å². The molecule has 1 aromatic heterocycles. The third kappa shape index (κ3) is 1.63. The van der Waals surface area contributed by atoms with Crippen molar-refractivity contribution in [1.82, 2.24) is 15.2 Å². The van der Waals surface area contributed by atoms with Crippen LogP contribution in [0.2, 0.25) is 0 Å². The van der Waals surface area contributed by atoms with Gasteiger partial charge in [-0.3, -0.25) is 4.90 Å². The number of likely N-dealkylation sites (tertiary alicyclic amines) is 1. The Hall–Kier alpha value is -1.68. The van der Waals surface area contributed by atoms with Crippen molar-refractivity contribution in [3.8, 4) is 0 Å². The summed E-state index contributed by atoms with van der Waals surface area (Å²) in [5, 5.41) is 7.80. The minimum atomic E-state index is 0.572. The van der Waals surface area contributed by atoms with Gasteiger partial charge in [-0.2, -0.15) is 0 Å².